The smallest absolute Gasteiger partial charge is 0.239 e. The summed E-state index contributed by atoms with van der Waals surface area (Å²) in [7, 11) is 1.79. The van der Waals surface area contributed by atoms with E-state index in [9.17, 15) is 9.18 Å². The Kier molecular flexibility index (Phi) is 4.74. The number of carbonyl (C=O) groups excluding carboxylic acids is 1. The molecule has 0 aromatic heterocycles. The minimum absolute atomic E-state index is 0.0282. The lowest BCUT2D eigenvalue weighted by Gasteiger charge is -2.30. The number of hydrogen-bond donors (Lipinski definition) is 1. The average molecular weight is 278 g/mol. The van der Waals surface area contributed by atoms with Gasteiger partial charge in [-0.05, 0) is 43.7 Å². The van der Waals surface area contributed by atoms with E-state index in [4.69, 9.17) is 10.5 Å². The molecular formula is C15H19FN2O2. The molecule has 0 radical (unpaired) electrons. The van der Waals surface area contributed by atoms with Gasteiger partial charge in [-0.2, -0.15) is 0 Å². The van der Waals surface area contributed by atoms with Gasteiger partial charge in [-0.3, -0.25) is 9.69 Å². The molecule has 0 aliphatic carbocycles. The summed E-state index contributed by atoms with van der Waals surface area (Å²) in [5.41, 5.74) is 6.03. The number of nitrogens with two attached hydrogens (primary N) is 1. The number of amides is 1. The number of likely N-dealkylation sites (N-methyl/N-ethyl adjacent to an activating group) is 1. The van der Waals surface area contributed by atoms with Crippen molar-refractivity contribution in [1.82, 2.24) is 4.90 Å². The SMILES string of the molecule is CN(C[C@H]1CCC=CO1)[C@H](C(N)=O)c1cccc(F)c1. The van der Waals surface area contributed by atoms with Crippen LogP contribution in [-0.4, -0.2) is 30.5 Å². The lowest BCUT2D eigenvalue weighted by atomic mass is 10.0. The maximum absolute atomic E-state index is 13.3. The lowest BCUT2D eigenvalue weighted by Crippen LogP contribution is -2.40. The fourth-order valence-electron chi connectivity index (χ4n) is 2.46. The summed E-state index contributed by atoms with van der Waals surface area (Å²) in [4.78, 5) is 13.5. The van der Waals surface area contributed by atoms with Gasteiger partial charge in [-0.1, -0.05) is 12.1 Å². The first-order valence-corrected chi connectivity index (χ1v) is 6.63. The highest BCUT2D eigenvalue weighted by Crippen LogP contribution is 2.22. The second-order valence-electron chi connectivity index (χ2n) is 5.01. The Morgan fingerprint density at radius 3 is 3.00 bits per heavy atom. The molecule has 1 aromatic rings. The van der Waals surface area contributed by atoms with E-state index in [-0.39, 0.29) is 11.9 Å². The molecule has 2 N–H and O–H groups in total. The molecule has 1 aliphatic heterocycles. The fourth-order valence-corrected chi connectivity index (χ4v) is 2.46. The van der Waals surface area contributed by atoms with Crippen molar-refractivity contribution in [3.05, 3.63) is 48.0 Å². The molecule has 0 saturated heterocycles. The Morgan fingerprint density at radius 1 is 1.60 bits per heavy atom. The molecule has 20 heavy (non-hydrogen) atoms. The van der Waals surface area contributed by atoms with E-state index in [0.29, 0.717) is 12.1 Å². The van der Waals surface area contributed by atoms with E-state index >= 15 is 0 Å². The highest BCUT2D eigenvalue weighted by molar-refractivity contribution is 5.81. The molecule has 2 atom stereocenters. The Bertz CT molecular complexity index is 504. The second-order valence-corrected chi connectivity index (χ2v) is 5.01. The molecule has 0 bridgehead atoms. The number of benzene rings is 1. The number of nitrogens with zero attached hydrogens (tertiary/aromatic N) is 1. The molecule has 0 spiro atoms. The number of halogens is 1. The third kappa shape index (κ3) is 3.57. The van der Waals surface area contributed by atoms with E-state index in [1.807, 2.05) is 6.08 Å². The molecule has 1 aromatic carbocycles. The van der Waals surface area contributed by atoms with Gasteiger partial charge in [-0.25, -0.2) is 4.39 Å². The summed E-state index contributed by atoms with van der Waals surface area (Å²) in [6.07, 6.45) is 5.54. The molecule has 1 heterocycles. The quantitative estimate of drug-likeness (QED) is 0.896. The van der Waals surface area contributed by atoms with Gasteiger partial charge in [0.05, 0.1) is 6.26 Å². The summed E-state index contributed by atoms with van der Waals surface area (Å²) in [5.74, 6) is -0.872. The van der Waals surface area contributed by atoms with Crippen LogP contribution in [0.1, 0.15) is 24.4 Å². The number of allylic oxidation sites excluding steroid dienone is 1. The van der Waals surface area contributed by atoms with Crippen LogP contribution in [-0.2, 0) is 9.53 Å². The van der Waals surface area contributed by atoms with E-state index in [1.54, 1.807) is 30.3 Å². The second kappa shape index (κ2) is 6.52. The minimum Gasteiger partial charge on any atom is -0.497 e. The summed E-state index contributed by atoms with van der Waals surface area (Å²) in [5, 5.41) is 0. The summed E-state index contributed by atoms with van der Waals surface area (Å²) in [6.45, 7) is 0.564. The van der Waals surface area contributed by atoms with Crippen LogP contribution in [0.25, 0.3) is 0 Å². The highest BCUT2D eigenvalue weighted by atomic mass is 19.1. The summed E-state index contributed by atoms with van der Waals surface area (Å²) < 4.78 is 18.8. The molecule has 0 unspecified atom stereocenters. The van der Waals surface area contributed by atoms with Gasteiger partial charge in [0.25, 0.3) is 0 Å². The van der Waals surface area contributed by atoms with Gasteiger partial charge >= 0.3 is 0 Å². The van der Waals surface area contributed by atoms with E-state index in [0.717, 1.165) is 12.8 Å². The van der Waals surface area contributed by atoms with Crippen LogP contribution in [0, 0.1) is 5.82 Å². The maximum atomic E-state index is 13.3. The van der Waals surface area contributed by atoms with Crippen molar-refractivity contribution in [2.75, 3.05) is 13.6 Å². The average Bonchev–Trinajstić information content (AvgIpc) is 2.39. The number of rotatable bonds is 5. The van der Waals surface area contributed by atoms with Crippen LogP contribution in [0.4, 0.5) is 4.39 Å². The van der Waals surface area contributed by atoms with Crippen molar-refractivity contribution < 1.29 is 13.9 Å². The van der Waals surface area contributed by atoms with Gasteiger partial charge in [0.15, 0.2) is 0 Å². The van der Waals surface area contributed by atoms with Crippen molar-refractivity contribution >= 4 is 5.91 Å². The molecule has 0 saturated carbocycles. The van der Waals surface area contributed by atoms with Crippen molar-refractivity contribution in [1.29, 1.82) is 0 Å². The molecule has 5 heteroatoms. The van der Waals surface area contributed by atoms with Gasteiger partial charge in [0.2, 0.25) is 5.91 Å². The largest absolute Gasteiger partial charge is 0.497 e. The van der Waals surface area contributed by atoms with Gasteiger partial charge in [0.1, 0.15) is 18.0 Å². The monoisotopic (exact) mass is 278 g/mol. The first kappa shape index (κ1) is 14.5. The summed E-state index contributed by atoms with van der Waals surface area (Å²) in [6, 6.07) is 5.31. The highest BCUT2D eigenvalue weighted by Gasteiger charge is 2.26. The molecule has 108 valence electrons. The molecular weight excluding hydrogens is 259 g/mol. The third-order valence-electron chi connectivity index (χ3n) is 3.39. The van der Waals surface area contributed by atoms with Crippen LogP contribution in [0.15, 0.2) is 36.6 Å². The first-order valence-electron chi connectivity index (χ1n) is 6.63. The number of ether oxygens (including phenoxy) is 1. The first-order chi connectivity index (χ1) is 9.58. The number of carbonyl (C=O) groups is 1. The Labute approximate surface area is 118 Å². The minimum atomic E-state index is -0.653. The van der Waals surface area contributed by atoms with Gasteiger partial charge < -0.3 is 10.5 Å². The normalized spacial score (nSPS) is 19.6. The molecule has 0 fully saturated rings. The van der Waals surface area contributed by atoms with Crippen LogP contribution >= 0.6 is 0 Å². The molecule has 1 aliphatic rings. The zero-order valence-corrected chi connectivity index (χ0v) is 11.5. The molecule has 4 nitrogen and oxygen atoms in total. The Balaban J connectivity index is 2.11. The zero-order chi connectivity index (χ0) is 14.5. The van der Waals surface area contributed by atoms with E-state index in [2.05, 4.69) is 0 Å². The van der Waals surface area contributed by atoms with Crippen molar-refractivity contribution in [2.45, 2.75) is 25.0 Å². The predicted octanol–water partition coefficient (Wildman–Crippen LogP) is 1.98. The predicted molar refractivity (Wildman–Crippen MR) is 74.2 cm³/mol. The van der Waals surface area contributed by atoms with E-state index < -0.39 is 11.9 Å². The van der Waals surface area contributed by atoms with E-state index in [1.165, 1.54) is 12.1 Å². The topological polar surface area (TPSA) is 55.6 Å². The fraction of sp³-hybridized carbons (Fsp3) is 0.400. The zero-order valence-electron chi connectivity index (χ0n) is 11.5. The van der Waals surface area contributed by atoms with Crippen molar-refractivity contribution in [3.8, 4) is 0 Å². The molecule has 2 rings (SSSR count). The van der Waals surface area contributed by atoms with Crippen LogP contribution < -0.4 is 5.73 Å². The number of primary amides is 1. The molecule has 1 amide bonds. The van der Waals surface area contributed by atoms with Crippen LogP contribution in [0.2, 0.25) is 0 Å². The van der Waals surface area contributed by atoms with Gasteiger partial charge in [-0.15, -0.1) is 0 Å². The third-order valence-corrected chi connectivity index (χ3v) is 3.39. The van der Waals surface area contributed by atoms with Crippen molar-refractivity contribution in [2.24, 2.45) is 5.73 Å². The van der Waals surface area contributed by atoms with Crippen LogP contribution in [0.5, 0.6) is 0 Å². The van der Waals surface area contributed by atoms with Gasteiger partial charge in [0, 0.05) is 6.54 Å². The standard InChI is InChI=1S/C15H19FN2O2/c1-18(10-13-7-2-3-8-20-13)14(15(17)19)11-5-4-6-12(16)9-11/h3-6,8-9,13-14H,2,7,10H2,1H3,(H2,17,19)/t13-,14+/m1/s1. The lowest BCUT2D eigenvalue weighted by molar-refractivity contribution is -0.123. The number of hydrogen-bond acceptors (Lipinski definition) is 3. The van der Waals surface area contributed by atoms with Crippen LogP contribution in [0.3, 0.4) is 0 Å². The summed E-state index contributed by atoms with van der Waals surface area (Å²) >= 11 is 0. The Hall–Kier alpha value is -1.88. The Morgan fingerprint density at radius 2 is 2.40 bits per heavy atom. The maximum Gasteiger partial charge on any atom is 0.239 e. The van der Waals surface area contributed by atoms with Crippen molar-refractivity contribution in [3.63, 3.8) is 0 Å².